The molecule has 0 amide bonds. The molecule has 0 heterocycles. The van der Waals surface area contributed by atoms with Crippen molar-refractivity contribution in [2.45, 2.75) is 37.0 Å². The molecule has 0 aliphatic heterocycles. The molecular weight excluding hydrogens is 510 g/mol. The highest BCUT2D eigenvalue weighted by Crippen LogP contribution is 2.56. The summed E-state index contributed by atoms with van der Waals surface area (Å²) in [5, 5.41) is 13.3. The summed E-state index contributed by atoms with van der Waals surface area (Å²) in [6.07, 6.45) is 1.15. The molecule has 8 heteroatoms. The fraction of sp³-hybridized carbons (Fsp3) is 0.226. The molecule has 0 bridgehead atoms. The largest absolute Gasteiger partial charge is 0.482 e. The maximum Gasteiger partial charge on any atom is 0.419 e. The van der Waals surface area contributed by atoms with Gasteiger partial charge in [0.15, 0.2) is 0 Å². The third-order valence-electron chi connectivity index (χ3n) is 7.97. The number of nitrogens with zero attached hydrogens (tertiary/aromatic N) is 1. The summed E-state index contributed by atoms with van der Waals surface area (Å²) < 4.78 is 62.7. The second-order valence-electron chi connectivity index (χ2n) is 10.1. The van der Waals surface area contributed by atoms with Crippen molar-refractivity contribution < 1.29 is 27.2 Å². The van der Waals surface area contributed by atoms with E-state index in [4.69, 9.17) is 4.74 Å². The third-order valence-corrected chi connectivity index (χ3v) is 7.97. The summed E-state index contributed by atoms with van der Waals surface area (Å²) in [5.74, 6) is -1.47. The van der Waals surface area contributed by atoms with Crippen LogP contribution in [0.2, 0.25) is 0 Å². The Kier molecular flexibility index (Phi) is 5.93. The zero-order chi connectivity index (χ0) is 27.4. The Hall–Kier alpha value is -4.20. The molecule has 198 valence electrons. The topological polar surface area (TPSA) is 52.4 Å². The Labute approximate surface area is 221 Å². The lowest BCUT2D eigenvalue weighted by Gasteiger charge is -2.49. The summed E-state index contributed by atoms with van der Waals surface area (Å²) in [6.45, 7) is 0. The fourth-order valence-corrected chi connectivity index (χ4v) is 6.30. The van der Waals surface area contributed by atoms with Crippen molar-refractivity contribution in [1.29, 1.82) is 0 Å². The van der Waals surface area contributed by atoms with Crippen molar-refractivity contribution in [3.8, 4) is 5.75 Å². The van der Waals surface area contributed by atoms with E-state index in [2.05, 4.69) is 12.2 Å². The summed E-state index contributed by atoms with van der Waals surface area (Å²) in [4.78, 5) is 10.7. The molecule has 0 saturated heterocycles. The zero-order valence-corrected chi connectivity index (χ0v) is 20.6. The van der Waals surface area contributed by atoms with E-state index < -0.39 is 28.1 Å². The first-order chi connectivity index (χ1) is 18.7. The quantitative estimate of drug-likeness (QED) is 0.150. The highest BCUT2D eigenvalue weighted by atomic mass is 19.4. The molecule has 1 fully saturated rings. The molecule has 2 aliphatic rings. The number of fused-ring (bicyclic) bond motifs is 5. The zero-order valence-electron chi connectivity index (χ0n) is 20.6. The van der Waals surface area contributed by atoms with E-state index in [9.17, 15) is 27.7 Å². The van der Waals surface area contributed by atoms with Gasteiger partial charge in [0.05, 0.1) is 10.5 Å². The molecule has 39 heavy (non-hydrogen) atoms. The Morgan fingerprint density at radius 1 is 0.974 bits per heavy atom. The van der Waals surface area contributed by atoms with Gasteiger partial charge in [0, 0.05) is 18.1 Å². The van der Waals surface area contributed by atoms with Crippen molar-refractivity contribution in [2.75, 3.05) is 0 Å². The minimum absolute atomic E-state index is 0.0372. The van der Waals surface area contributed by atoms with Crippen molar-refractivity contribution in [3.05, 3.63) is 123 Å². The number of benzene rings is 4. The summed E-state index contributed by atoms with van der Waals surface area (Å²) in [6, 6.07) is 20.5. The van der Waals surface area contributed by atoms with Gasteiger partial charge in [-0.2, -0.15) is 13.2 Å². The van der Waals surface area contributed by atoms with Gasteiger partial charge >= 0.3 is 6.18 Å². The van der Waals surface area contributed by atoms with E-state index in [-0.39, 0.29) is 28.8 Å². The first-order valence-electron chi connectivity index (χ1n) is 12.7. The van der Waals surface area contributed by atoms with Crippen molar-refractivity contribution in [3.63, 3.8) is 0 Å². The predicted octanol–water partition coefficient (Wildman–Crippen LogP) is 8.79. The van der Waals surface area contributed by atoms with Crippen LogP contribution in [0, 0.1) is 21.8 Å². The van der Waals surface area contributed by atoms with Crippen molar-refractivity contribution >= 4 is 22.5 Å². The lowest BCUT2D eigenvalue weighted by Crippen LogP contribution is -2.46. The van der Waals surface area contributed by atoms with E-state index in [0.717, 1.165) is 40.5 Å². The minimum atomic E-state index is -4.89. The van der Waals surface area contributed by atoms with Gasteiger partial charge in [-0.1, -0.05) is 54.6 Å². The SMILES string of the molecule is O=[N+]([O-])c1ccc(OC2(c3ccc(F)c(C(F)(F)F)c3)CCCC3C=Cc4c(ccc5ccccc45)C32)cc1. The highest BCUT2D eigenvalue weighted by molar-refractivity contribution is 5.93. The second-order valence-corrected chi connectivity index (χ2v) is 10.1. The van der Waals surface area contributed by atoms with Crippen LogP contribution in [0.4, 0.5) is 23.2 Å². The van der Waals surface area contributed by atoms with Gasteiger partial charge in [0.25, 0.3) is 5.69 Å². The normalized spacial score (nSPS) is 22.3. The highest BCUT2D eigenvalue weighted by Gasteiger charge is 2.51. The van der Waals surface area contributed by atoms with E-state index in [1.54, 1.807) is 0 Å². The smallest absolute Gasteiger partial charge is 0.419 e. The van der Waals surface area contributed by atoms with Crippen LogP contribution >= 0.6 is 0 Å². The molecule has 4 aromatic carbocycles. The summed E-state index contributed by atoms with van der Waals surface area (Å²) in [5.41, 5.74) is -0.616. The molecule has 0 radical (unpaired) electrons. The van der Waals surface area contributed by atoms with Gasteiger partial charge in [-0.25, -0.2) is 4.39 Å². The molecule has 3 unspecified atom stereocenters. The molecule has 6 rings (SSSR count). The van der Waals surface area contributed by atoms with Crippen LogP contribution in [0.3, 0.4) is 0 Å². The van der Waals surface area contributed by atoms with E-state index in [1.807, 2.05) is 36.4 Å². The van der Waals surface area contributed by atoms with Gasteiger partial charge in [-0.15, -0.1) is 0 Å². The van der Waals surface area contributed by atoms with E-state index in [0.29, 0.717) is 12.8 Å². The number of nitro groups is 1. The number of halogens is 4. The fourth-order valence-electron chi connectivity index (χ4n) is 6.30. The van der Waals surface area contributed by atoms with E-state index >= 15 is 0 Å². The van der Waals surface area contributed by atoms with Crippen LogP contribution in [-0.4, -0.2) is 4.92 Å². The molecule has 4 nitrogen and oxygen atoms in total. The van der Waals surface area contributed by atoms with Crippen LogP contribution < -0.4 is 4.74 Å². The number of allylic oxidation sites excluding steroid dienone is 1. The summed E-state index contributed by atoms with van der Waals surface area (Å²) in [7, 11) is 0. The second kappa shape index (κ2) is 9.22. The Morgan fingerprint density at radius 3 is 2.49 bits per heavy atom. The molecule has 0 spiro atoms. The standard InChI is InChI=1S/C31H23F4NO3/c32-28-16-9-21(18-27(28)31(33,34)35)30(39-23-12-10-22(11-13-23)36(37)38)17-3-5-20-8-14-25-24-6-2-1-4-19(24)7-15-26(25)29(20)30/h1-2,4,6-16,18,20,29H,3,5,17H2. The molecule has 0 aromatic heterocycles. The maximum absolute atomic E-state index is 14.4. The maximum atomic E-state index is 14.4. The molecule has 4 aromatic rings. The molecule has 1 saturated carbocycles. The first-order valence-corrected chi connectivity index (χ1v) is 12.7. The number of alkyl halides is 3. The molecule has 2 aliphatic carbocycles. The molecule has 0 N–H and O–H groups in total. The van der Waals surface area contributed by atoms with Gasteiger partial charge < -0.3 is 4.74 Å². The molecular formula is C31H23F4NO3. The predicted molar refractivity (Wildman–Crippen MR) is 140 cm³/mol. The average Bonchev–Trinajstić information content (AvgIpc) is 2.92. The van der Waals surface area contributed by atoms with Crippen LogP contribution in [0.25, 0.3) is 16.8 Å². The number of non-ortho nitro benzene ring substituents is 1. The van der Waals surface area contributed by atoms with Crippen molar-refractivity contribution in [1.82, 2.24) is 0 Å². The van der Waals surface area contributed by atoms with Crippen LogP contribution in [0.15, 0.2) is 84.9 Å². The summed E-state index contributed by atoms with van der Waals surface area (Å²) >= 11 is 0. The lowest BCUT2D eigenvalue weighted by molar-refractivity contribution is -0.384. The monoisotopic (exact) mass is 533 g/mol. The minimum Gasteiger partial charge on any atom is -0.482 e. The number of hydrogen-bond acceptors (Lipinski definition) is 3. The Bertz CT molecular complexity index is 1610. The average molecular weight is 534 g/mol. The van der Waals surface area contributed by atoms with Gasteiger partial charge in [-0.05, 0) is 76.9 Å². The van der Waals surface area contributed by atoms with Crippen LogP contribution in [0.1, 0.15) is 47.4 Å². The Balaban J connectivity index is 1.58. The van der Waals surface area contributed by atoms with Crippen LogP contribution in [-0.2, 0) is 11.8 Å². The van der Waals surface area contributed by atoms with Crippen molar-refractivity contribution in [2.24, 2.45) is 5.92 Å². The van der Waals surface area contributed by atoms with E-state index in [1.165, 1.54) is 30.3 Å². The van der Waals surface area contributed by atoms with Crippen LogP contribution in [0.5, 0.6) is 5.75 Å². The number of rotatable bonds is 4. The third kappa shape index (κ3) is 4.24. The number of nitro benzene ring substituents is 1. The first kappa shape index (κ1) is 25.1. The number of ether oxygens (including phenoxy) is 1. The van der Waals surface area contributed by atoms with Gasteiger partial charge in [0.1, 0.15) is 17.2 Å². The lowest BCUT2D eigenvalue weighted by atomic mass is 9.60. The van der Waals surface area contributed by atoms with Gasteiger partial charge in [0.2, 0.25) is 0 Å². The van der Waals surface area contributed by atoms with Gasteiger partial charge in [-0.3, -0.25) is 10.1 Å². The number of hydrogen-bond donors (Lipinski definition) is 0. The molecule has 3 atom stereocenters. The Morgan fingerprint density at radius 2 is 1.74 bits per heavy atom.